The predicted octanol–water partition coefficient (Wildman–Crippen LogP) is 1.89. The normalized spacial score (nSPS) is 15.3. The van der Waals surface area contributed by atoms with E-state index in [9.17, 15) is 4.79 Å². The van der Waals surface area contributed by atoms with E-state index in [1.807, 2.05) is 51.2 Å². The number of amides is 1. The number of hydrogen-bond acceptors (Lipinski definition) is 5. The highest BCUT2D eigenvalue weighted by Gasteiger charge is 2.26. The lowest BCUT2D eigenvalue weighted by Gasteiger charge is -2.37. The van der Waals surface area contributed by atoms with E-state index in [4.69, 9.17) is 0 Å². The van der Waals surface area contributed by atoms with Crippen molar-refractivity contribution in [3.05, 3.63) is 35.5 Å². The zero-order chi connectivity index (χ0) is 18.7. The van der Waals surface area contributed by atoms with Gasteiger partial charge in [-0.05, 0) is 32.8 Å². The maximum atomic E-state index is 12.5. The lowest BCUT2D eigenvalue weighted by Crippen LogP contribution is -2.46. The molecule has 2 aromatic rings. The Kier molecular flexibility index (Phi) is 5.54. The number of rotatable bonds is 5. The molecule has 0 radical (unpaired) electrons. The highest BCUT2D eigenvalue weighted by atomic mass is 16.2. The second kappa shape index (κ2) is 7.85. The lowest BCUT2D eigenvalue weighted by atomic mass is 10.0. The van der Waals surface area contributed by atoms with Crippen LogP contribution >= 0.6 is 0 Å². The Balaban J connectivity index is 1.51. The van der Waals surface area contributed by atoms with E-state index < -0.39 is 0 Å². The fraction of sp³-hybridized carbons (Fsp3) is 0.579. The van der Waals surface area contributed by atoms with Crippen LogP contribution in [0.4, 0.5) is 5.82 Å². The van der Waals surface area contributed by atoms with Gasteiger partial charge >= 0.3 is 0 Å². The Bertz CT molecular complexity index is 743. The van der Waals surface area contributed by atoms with Gasteiger partial charge in [-0.2, -0.15) is 5.10 Å². The second-order valence-electron chi connectivity index (χ2n) is 7.12. The molecule has 0 unspecified atom stereocenters. The number of aryl methyl sites for hydroxylation is 4. The fourth-order valence-corrected chi connectivity index (χ4v) is 3.55. The largest absolute Gasteiger partial charge is 0.356 e. The van der Waals surface area contributed by atoms with Crippen LogP contribution in [0.1, 0.15) is 36.5 Å². The van der Waals surface area contributed by atoms with Crippen molar-refractivity contribution in [2.45, 2.75) is 45.6 Å². The molecule has 26 heavy (non-hydrogen) atoms. The van der Waals surface area contributed by atoms with Gasteiger partial charge in [-0.3, -0.25) is 9.48 Å². The Morgan fingerprint density at radius 3 is 2.62 bits per heavy atom. The van der Waals surface area contributed by atoms with Gasteiger partial charge in [0, 0.05) is 64.0 Å². The summed E-state index contributed by atoms with van der Waals surface area (Å²) in [6.07, 6.45) is 5.05. The van der Waals surface area contributed by atoms with Crippen molar-refractivity contribution in [3.8, 4) is 0 Å². The highest BCUT2D eigenvalue weighted by molar-refractivity contribution is 5.76. The molecule has 1 saturated heterocycles. The van der Waals surface area contributed by atoms with Crippen molar-refractivity contribution in [1.82, 2.24) is 24.6 Å². The summed E-state index contributed by atoms with van der Waals surface area (Å²) in [6.45, 7) is 5.76. The molecule has 0 aliphatic carbocycles. The molecule has 140 valence electrons. The van der Waals surface area contributed by atoms with Crippen molar-refractivity contribution in [2.24, 2.45) is 7.05 Å². The first-order valence-corrected chi connectivity index (χ1v) is 9.24. The summed E-state index contributed by atoms with van der Waals surface area (Å²) < 4.78 is 1.77. The van der Waals surface area contributed by atoms with Crippen molar-refractivity contribution in [2.75, 3.05) is 25.0 Å². The van der Waals surface area contributed by atoms with E-state index in [0.717, 1.165) is 49.0 Å². The summed E-state index contributed by atoms with van der Waals surface area (Å²) >= 11 is 0. The van der Waals surface area contributed by atoms with Gasteiger partial charge < -0.3 is 9.80 Å². The van der Waals surface area contributed by atoms with E-state index in [1.54, 1.807) is 4.68 Å². The van der Waals surface area contributed by atoms with Gasteiger partial charge in [-0.25, -0.2) is 9.97 Å². The smallest absolute Gasteiger partial charge is 0.222 e. The summed E-state index contributed by atoms with van der Waals surface area (Å²) in [4.78, 5) is 25.6. The minimum absolute atomic E-state index is 0.197. The summed E-state index contributed by atoms with van der Waals surface area (Å²) in [7, 11) is 3.83. The molecule has 0 spiro atoms. The summed E-state index contributed by atoms with van der Waals surface area (Å²) in [6, 6.07) is 4.30. The van der Waals surface area contributed by atoms with E-state index in [2.05, 4.69) is 20.0 Å². The quantitative estimate of drug-likeness (QED) is 0.818. The molecular weight excluding hydrogens is 328 g/mol. The third-order valence-electron chi connectivity index (χ3n) is 5.05. The first kappa shape index (κ1) is 18.4. The average molecular weight is 356 g/mol. The standard InChI is InChI=1S/C19H28N6O/c1-14-13-18(21-15(2)20-14)25-11-8-17(9-12-25)24(4)19(26)6-5-16-7-10-23(3)22-16/h7,10,13,17H,5-6,8-9,11-12H2,1-4H3. The van der Waals surface area contributed by atoms with Crippen LogP contribution in [0.3, 0.4) is 0 Å². The van der Waals surface area contributed by atoms with Crippen molar-refractivity contribution in [3.63, 3.8) is 0 Å². The van der Waals surface area contributed by atoms with Crippen molar-refractivity contribution < 1.29 is 4.79 Å². The molecule has 1 amide bonds. The zero-order valence-electron chi connectivity index (χ0n) is 16.1. The van der Waals surface area contributed by atoms with Crippen molar-refractivity contribution >= 4 is 11.7 Å². The Morgan fingerprint density at radius 1 is 1.27 bits per heavy atom. The molecule has 7 nitrogen and oxygen atoms in total. The van der Waals surface area contributed by atoms with Crippen LogP contribution in [0.5, 0.6) is 0 Å². The third kappa shape index (κ3) is 4.39. The topological polar surface area (TPSA) is 67.2 Å². The predicted molar refractivity (Wildman–Crippen MR) is 101 cm³/mol. The molecule has 0 saturated carbocycles. The SMILES string of the molecule is Cc1cc(N2CCC(N(C)C(=O)CCc3ccn(C)n3)CC2)nc(C)n1. The van der Waals surface area contributed by atoms with Crippen LogP contribution in [0, 0.1) is 13.8 Å². The fourth-order valence-electron chi connectivity index (χ4n) is 3.55. The van der Waals surface area contributed by atoms with Gasteiger partial charge in [0.25, 0.3) is 0 Å². The zero-order valence-corrected chi connectivity index (χ0v) is 16.1. The highest BCUT2D eigenvalue weighted by Crippen LogP contribution is 2.21. The molecule has 3 heterocycles. The molecule has 1 aliphatic heterocycles. The molecule has 0 N–H and O–H groups in total. The molecule has 3 rings (SSSR count). The van der Waals surface area contributed by atoms with E-state index in [0.29, 0.717) is 18.9 Å². The van der Waals surface area contributed by atoms with Gasteiger partial charge in [0.1, 0.15) is 11.6 Å². The Labute approximate surface area is 155 Å². The number of nitrogens with zero attached hydrogens (tertiary/aromatic N) is 6. The molecule has 0 aromatic carbocycles. The number of anilines is 1. The first-order valence-electron chi connectivity index (χ1n) is 9.24. The van der Waals surface area contributed by atoms with Gasteiger partial charge in [-0.1, -0.05) is 0 Å². The van der Waals surface area contributed by atoms with Gasteiger partial charge in [-0.15, -0.1) is 0 Å². The number of aromatic nitrogens is 4. The molecule has 0 atom stereocenters. The van der Waals surface area contributed by atoms with Crippen LogP contribution in [0.25, 0.3) is 0 Å². The minimum Gasteiger partial charge on any atom is -0.356 e. The number of carbonyl (C=O) groups excluding carboxylic acids is 1. The van der Waals surface area contributed by atoms with E-state index >= 15 is 0 Å². The summed E-state index contributed by atoms with van der Waals surface area (Å²) in [5.41, 5.74) is 1.97. The molecule has 2 aromatic heterocycles. The Morgan fingerprint density at radius 2 is 2.00 bits per heavy atom. The van der Waals surface area contributed by atoms with Crippen LogP contribution in [0.15, 0.2) is 18.3 Å². The summed E-state index contributed by atoms with van der Waals surface area (Å²) in [5.74, 6) is 2.00. The van der Waals surface area contributed by atoms with Crippen LogP contribution in [0.2, 0.25) is 0 Å². The van der Waals surface area contributed by atoms with Gasteiger partial charge in [0.15, 0.2) is 0 Å². The summed E-state index contributed by atoms with van der Waals surface area (Å²) in [5, 5.41) is 4.34. The number of piperidine rings is 1. The third-order valence-corrected chi connectivity index (χ3v) is 5.05. The average Bonchev–Trinajstić information content (AvgIpc) is 3.03. The number of hydrogen-bond donors (Lipinski definition) is 0. The van der Waals surface area contributed by atoms with Crippen LogP contribution < -0.4 is 4.90 Å². The van der Waals surface area contributed by atoms with Crippen LogP contribution in [-0.2, 0) is 18.3 Å². The van der Waals surface area contributed by atoms with Crippen molar-refractivity contribution in [1.29, 1.82) is 0 Å². The second-order valence-corrected chi connectivity index (χ2v) is 7.12. The molecule has 1 aliphatic rings. The molecule has 1 fully saturated rings. The van der Waals surface area contributed by atoms with Gasteiger partial charge in [0.05, 0.1) is 5.69 Å². The maximum absolute atomic E-state index is 12.5. The first-order chi connectivity index (χ1) is 12.4. The lowest BCUT2D eigenvalue weighted by molar-refractivity contribution is -0.132. The minimum atomic E-state index is 0.197. The van der Waals surface area contributed by atoms with E-state index in [-0.39, 0.29) is 5.91 Å². The number of carbonyl (C=O) groups is 1. The molecule has 7 heteroatoms. The Hall–Kier alpha value is -2.44. The molecule has 0 bridgehead atoms. The van der Waals surface area contributed by atoms with E-state index in [1.165, 1.54) is 0 Å². The van der Waals surface area contributed by atoms with Gasteiger partial charge in [0.2, 0.25) is 5.91 Å². The molecular formula is C19H28N6O. The monoisotopic (exact) mass is 356 g/mol. The maximum Gasteiger partial charge on any atom is 0.222 e. The van der Waals surface area contributed by atoms with Crippen LogP contribution in [-0.4, -0.2) is 56.7 Å².